The predicted molar refractivity (Wildman–Crippen MR) is 207 cm³/mol. The summed E-state index contributed by atoms with van der Waals surface area (Å²) in [5.74, 6) is -0.932. The van der Waals surface area contributed by atoms with E-state index in [2.05, 4.69) is 26.6 Å². The fourth-order valence-corrected chi connectivity index (χ4v) is 7.01. The number of para-hydroxylation sites is 1. The highest BCUT2D eigenvalue weighted by Gasteiger charge is 2.43. The Morgan fingerprint density at radius 2 is 1.65 bits per heavy atom. The van der Waals surface area contributed by atoms with Crippen molar-refractivity contribution >= 4 is 29.5 Å². The molecule has 0 aromatic heterocycles. The molecule has 1 heterocycles. The lowest BCUT2D eigenvalue weighted by molar-refractivity contribution is -0.138. The number of fused-ring (bicyclic) bond motifs is 1. The first-order valence-electron chi connectivity index (χ1n) is 19.2. The fraction of sp³-hybridized carbons (Fsp3) is 0.452. The summed E-state index contributed by atoms with van der Waals surface area (Å²) in [4.78, 5) is 69.1. The summed E-state index contributed by atoms with van der Waals surface area (Å²) in [6.45, 7) is 3.15. The number of hydrogen-bond donors (Lipinski definition) is 5. The lowest BCUT2D eigenvalue weighted by Gasteiger charge is -2.38. The van der Waals surface area contributed by atoms with Crippen molar-refractivity contribution < 1.29 is 38.2 Å². The van der Waals surface area contributed by atoms with Crippen molar-refractivity contribution in [1.82, 2.24) is 26.6 Å². The first-order valence-corrected chi connectivity index (χ1v) is 19.2. The van der Waals surface area contributed by atoms with Crippen molar-refractivity contribution in [2.24, 2.45) is 0 Å². The molecule has 2 aliphatic rings. The maximum Gasteiger partial charge on any atom is 0.255 e. The Bertz CT molecular complexity index is 1780. The first-order chi connectivity index (χ1) is 26.7. The van der Waals surface area contributed by atoms with Gasteiger partial charge in [-0.05, 0) is 74.4 Å². The van der Waals surface area contributed by atoms with Gasteiger partial charge in [-0.15, -0.1) is 0 Å². The Kier molecular flexibility index (Phi) is 14.9. The highest BCUT2D eigenvalue weighted by molar-refractivity contribution is 6.01. The van der Waals surface area contributed by atoms with Gasteiger partial charge in [0.1, 0.15) is 23.4 Å². The minimum absolute atomic E-state index is 0.190. The molecule has 2 atom stereocenters. The van der Waals surface area contributed by atoms with Gasteiger partial charge in [-0.1, -0.05) is 67.8 Å². The molecule has 5 rings (SSSR count). The molecule has 55 heavy (non-hydrogen) atoms. The number of carbonyl (C=O) groups excluding carboxylic acids is 5. The maximum absolute atomic E-state index is 14.2. The van der Waals surface area contributed by atoms with Crippen LogP contribution < -0.4 is 40.8 Å². The van der Waals surface area contributed by atoms with Gasteiger partial charge >= 0.3 is 0 Å². The number of nitrogens with one attached hydrogen (secondary N) is 5. The summed E-state index contributed by atoms with van der Waals surface area (Å²) in [7, 11) is 1.58. The Balaban J connectivity index is 1.35. The summed E-state index contributed by atoms with van der Waals surface area (Å²) in [5, 5.41) is 14.5. The van der Waals surface area contributed by atoms with E-state index in [0.29, 0.717) is 68.8 Å². The highest BCUT2D eigenvalue weighted by atomic mass is 16.5. The smallest absolute Gasteiger partial charge is 0.255 e. The van der Waals surface area contributed by atoms with Crippen molar-refractivity contribution in [1.29, 1.82) is 0 Å². The van der Waals surface area contributed by atoms with Crippen LogP contribution in [0.4, 0.5) is 0 Å². The lowest BCUT2D eigenvalue weighted by atomic mass is 9.80. The summed E-state index contributed by atoms with van der Waals surface area (Å²) in [6, 6.07) is 19.6. The third-order valence-corrected chi connectivity index (χ3v) is 9.92. The van der Waals surface area contributed by atoms with E-state index < -0.39 is 47.7 Å². The van der Waals surface area contributed by atoms with Gasteiger partial charge in [0.25, 0.3) is 5.91 Å². The molecule has 5 amide bonds. The average Bonchev–Trinajstić information content (AvgIpc) is 3.19. The van der Waals surface area contributed by atoms with Gasteiger partial charge in [-0.2, -0.15) is 0 Å². The largest absolute Gasteiger partial charge is 0.493 e. The molecule has 3 aromatic carbocycles. The van der Waals surface area contributed by atoms with Crippen LogP contribution in [0.1, 0.15) is 79.8 Å². The number of methoxy groups -OCH3 is 1. The summed E-state index contributed by atoms with van der Waals surface area (Å²) < 4.78 is 17.0. The molecule has 1 saturated carbocycles. The standard InChI is InChI=1S/C42H53N5O8/c1-3-54-35-20-19-30(27-36(35)53-2)16-12-23-43-40(51)33-28-37(48)47-42(21-10-5-11-22-42)41(52)46-32(26-29-14-6-4-7-15-29)39(50)44-24-13-25-55-34-18-9-8-17-31(34)38(49)45-33/h4,6-9,14-15,17-20,27,32-33H,3,5,10-13,16,21-26,28H2,1-2H3,(H,43,51)(H,44,50)(H,45,49)(H,46,52)(H,47,48)/t32-,33-/m0/s1. The van der Waals surface area contributed by atoms with Gasteiger partial charge in [0, 0.05) is 19.5 Å². The van der Waals surface area contributed by atoms with E-state index in [1.165, 1.54) is 0 Å². The molecule has 0 bridgehead atoms. The monoisotopic (exact) mass is 755 g/mol. The minimum Gasteiger partial charge on any atom is -0.493 e. The van der Waals surface area contributed by atoms with Gasteiger partial charge < -0.3 is 40.8 Å². The van der Waals surface area contributed by atoms with Crippen LogP contribution in [0.3, 0.4) is 0 Å². The molecule has 0 saturated heterocycles. The van der Waals surface area contributed by atoms with Gasteiger partial charge in [-0.3, -0.25) is 24.0 Å². The van der Waals surface area contributed by atoms with Crippen molar-refractivity contribution in [3.63, 3.8) is 0 Å². The summed E-state index contributed by atoms with van der Waals surface area (Å²) in [5.41, 5.74) is 0.770. The first kappa shape index (κ1) is 40.6. The molecular weight excluding hydrogens is 702 g/mol. The van der Waals surface area contributed by atoms with E-state index >= 15 is 0 Å². The van der Waals surface area contributed by atoms with Crippen LogP contribution in [0.2, 0.25) is 0 Å². The molecule has 1 spiro atoms. The summed E-state index contributed by atoms with van der Waals surface area (Å²) in [6.07, 6.45) is 4.50. The van der Waals surface area contributed by atoms with Gasteiger partial charge in [0.05, 0.1) is 32.3 Å². The second-order valence-electron chi connectivity index (χ2n) is 13.9. The Morgan fingerprint density at radius 3 is 2.42 bits per heavy atom. The van der Waals surface area contributed by atoms with Crippen LogP contribution in [-0.2, 0) is 32.0 Å². The third kappa shape index (κ3) is 11.5. The van der Waals surface area contributed by atoms with Crippen LogP contribution in [0.25, 0.3) is 0 Å². The lowest BCUT2D eigenvalue weighted by Crippen LogP contribution is -2.63. The van der Waals surface area contributed by atoms with Crippen molar-refractivity contribution in [3.05, 3.63) is 89.5 Å². The second kappa shape index (κ2) is 20.2. The zero-order valence-electron chi connectivity index (χ0n) is 31.7. The topological polar surface area (TPSA) is 173 Å². The van der Waals surface area contributed by atoms with Gasteiger partial charge in [0.15, 0.2) is 11.5 Å². The zero-order valence-corrected chi connectivity index (χ0v) is 31.7. The molecule has 3 aromatic rings. The van der Waals surface area contributed by atoms with E-state index in [4.69, 9.17) is 14.2 Å². The van der Waals surface area contributed by atoms with Crippen LogP contribution in [0.15, 0.2) is 72.8 Å². The highest BCUT2D eigenvalue weighted by Crippen LogP contribution is 2.30. The van der Waals surface area contributed by atoms with Crippen LogP contribution in [0, 0.1) is 0 Å². The normalized spacial score (nSPS) is 19.5. The zero-order chi connectivity index (χ0) is 39.0. The number of hydrogen-bond acceptors (Lipinski definition) is 8. The Labute approximate surface area is 322 Å². The average molecular weight is 756 g/mol. The van der Waals surface area contributed by atoms with E-state index in [-0.39, 0.29) is 37.6 Å². The molecule has 13 nitrogen and oxygen atoms in total. The second-order valence-corrected chi connectivity index (χ2v) is 13.9. The molecule has 294 valence electrons. The number of ether oxygens (including phenoxy) is 3. The van der Waals surface area contributed by atoms with Crippen LogP contribution in [-0.4, -0.2) is 80.6 Å². The number of amides is 5. The number of rotatable bonds is 10. The van der Waals surface area contributed by atoms with E-state index in [0.717, 1.165) is 17.5 Å². The van der Waals surface area contributed by atoms with Crippen molar-refractivity contribution in [2.75, 3.05) is 33.4 Å². The van der Waals surface area contributed by atoms with Gasteiger partial charge in [0.2, 0.25) is 23.6 Å². The summed E-state index contributed by atoms with van der Waals surface area (Å²) >= 11 is 0. The van der Waals surface area contributed by atoms with Crippen molar-refractivity contribution in [3.8, 4) is 17.2 Å². The van der Waals surface area contributed by atoms with Gasteiger partial charge in [-0.25, -0.2) is 0 Å². The quantitative estimate of drug-likeness (QED) is 0.195. The number of aryl methyl sites for hydroxylation is 1. The van der Waals surface area contributed by atoms with E-state index in [9.17, 15) is 24.0 Å². The molecule has 1 aliphatic heterocycles. The SMILES string of the molecule is CCOc1ccc(CCCNC(=O)[C@@H]2CC(=O)NC3(CCCCC3)C(=O)N[C@@H](Cc3ccccc3)C(=O)NCCCOc3ccccc3C(=O)N2)cc1OC. The number of carbonyl (C=O) groups is 5. The molecule has 0 radical (unpaired) electrons. The molecule has 1 fully saturated rings. The minimum atomic E-state index is -1.29. The molecule has 0 unspecified atom stereocenters. The Morgan fingerprint density at radius 1 is 0.891 bits per heavy atom. The van der Waals surface area contributed by atoms with Crippen molar-refractivity contribution in [2.45, 2.75) is 88.8 Å². The van der Waals surface area contributed by atoms with Crippen LogP contribution in [0.5, 0.6) is 17.2 Å². The van der Waals surface area contributed by atoms with Crippen LogP contribution >= 0.6 is 0 Å². The third-order valence-electron chi connectivity index (χ3n) is 9.92. The molecule has 5 N–H and O–H groups in total. The molecule has 1 aliphatic carbocycles. The Hall–Kier alpha value is -5.59. The number of benzene rings is 3. The molecular formula is C42H53N5O8. The molecule has 13 heteroatoms. The maximum atomic E-state index is 14.2. The fourth-order valence-electron chi connectivity index (χ4n) is 7.01. The van der Waals surface area contributed by atoms with E-state index in [1.54, 1.807) is 31.4 Å². The predicted octanol–water partition coefficient (Wildman–Crippen LogP) is 3.78. The van der Waals surface area contributed by atoms with E-state index in [1.807, 2.05) is 55.5 Å².